The zero-order valence-electron chi connectivity index (χ0n) is 8.46. The van der Waals surface area contributed by atoms with E-state index in [4.69, 9.17) is 17.4 Å². The first-order valence-corrected chi connectivity index (χ1v) is 5.38. The van der Waals surface area contributed by atoms with Crippen LogP contribution in [-0.4, -0.2) is 16.4 Å². The van der Waals surface area contributed by atoms with E-state index in [0.717, 1.165) is 12.0 Å². The summed E-state index contributed by atoms with van der Waals surface area (Å²) < 4.78 is 26.3. The molecule has 6 heteroatoms. The zero-order chi connectivity index (χ0) is 11.8. The summed E-state index contributed by atoms with van der Waals surface area (Å²) in [5.74, 6) is 4.72. The number of hydrazine groups is 1. The Morgan fingerprint density at radius 2 is 2.38 bits per heavy atom. The number of pyridine rings is 1. The van der Waals surface area contributed by atoms with Crippen LogP contribution in [0.3, 0.4) is 0 Å². The molecule has 0 radical (unpaired) electrons. The van der Waals surface area contributed by atoms with E-state index in [1.54, 1.807) is 12.3 Å². The monoisotopic (exact) mass is 247 g/mol. The summed E-state index contributed by atoms with van der Waals surface area (Å²) >= 11 is 5.04. The molecule has 0 bridgehead atoms. The van der Waals surface area contributed by atoms with Gasteiger partial charge in [0.05, 0.1) is 0 Å². The predicted molar refractivity (Wildman–Crippen MR) is 57.2 cm³/mol. The highest BCUT2D eigenvalue weighted by atomic mass is 35.5. The third-order valence-electron chi connectivity index (χ3n) is 2.94. The zero-order valence-corrected chi connectivity index (χ0v) is 9.22. The standard InChI is InChI=1S/C10H12ClF2N3/c11-10(12,13)9(16-14)7-4-3-6-2-1-5-15-8(6)7/h1-2,5,7,9,16H,3-4,14H2. The molecule has 0 aliphatic heterocycles. The first kappa shape index (κ1) is 11.7. The Kier molecular flexibility index (Phi) is 3.10. The molecule has 1 heterocycles. The maximum Gasteiger partial charge on any atom is 0.338 e. The fourth-order valence-corrected chi connectivity index (χ4v) is 2.42. The van der Waals surface area contributed by atoms with Gasteiger partial charge < -0.3 is 0 Å². The van der Waals surface area contributed by atoms with Gasteiger partial charge in [-0.25, -0.2) is 5.43 Å². The molecule has 3 nitrogen and oxygen atoms in total. The number of rotatable bonds is 3. The van der Waals surface area contributed by atoms with Crippen LogP contribution in [0.25, 0.3) is 0 Å². The van der Waals surface area contributed by atoms with E-state index in [2.05, 4.69) is 10.4 Å². The van der Waals surface area contributed by atoms with Crippen molar-refractivity contribution in [3.63, 3.8) is 0 Å². The molecule has 2 atom stereocenters. The number of hydrogen-bond donors (Lipinski definition) is 2. The largest absolute Gasteiger partial charge is 0.338 e. The Morgan fingerprint density at radius 1 is 1.62 bits per heavy atom. The van der Waals surface area contributed by atoms with E-state index in [1.165, 1.54) is 0 Å². The molecule has 88 valence electrons. The highest BCUT2D eigenvalue weighted by molar-refractivity contribution is 6.22. The highest BCUT2D eigenvalue weighted by Gasteiger charge is 2.45. The van der Waals surface area contributed by atoms with Gasteiger partial charge in [0.15, 0.2) is 0 Å². The van der Waals surface area contributed by atoms with Crippen molar-refractivity contribution < 1.29 is 8.78 Å². The number of alkyl halides is 3. The molecule has 1 aliphatic rings. The van der Waals surface area contributed by atoms with Crippen molar-refractivity contribution in [3.8, 4) is 0 Å². The topological polar surface area (TPSA) is 50.9 Å². The SMILES string of the molecule is NNC(C1CCc2cccnc21)C(F)(F)Cl. The maximum atomic E-state index is 13.1. The van der Waals surface area contributed by atoms with Gasteiger partial charge in [-0.05, 0) is 36.1 Å². The summed E-state index contributed by atoms with van der Waals surface area (Å²) in [5.41, 5.74) is 3.77. The fourth-order valence-electron chi connectivity index (χ4n) is 2.21. The van der Waals surface area contributed by atoms with Crippen molar-refractivity contribution in [3.05, 3.63) is 29.6 Å². The van der Waals surface area contributed by atoms with Crippen molar-refractivity contribution in [2.45, 2.75) is 30.2 Å². The molecule has 0 saturated heterocycles. The van der Waals surface area contributed by atoms with E-state index in [0.29, 0.717) is 12.1 Å². The number of halogens is 3. The molecule has 0 aromatic carbocycles. The molecule has 2 rings (SSSR count). The van der Waals surface area contributed by atoms with Crippen LogP contribution in [0.15, 0.2) is 18.3 Å². The van der Waals surface area contributed by atoms with Crippen LogP contribution in [0.2, 0.25) is 0 Å². The smallest absolute Gasteiger partial charge is 0.271 e. The van der Waals surface area contributed by atoms with Gasteiger partial charge in [0.1, 0.15) is 6.04 Å². The Labute approximate surface area is 97.0 Å². The van der Waals surface area contributed by atoms with Gasteiger partial charge in [-0.3, -0.25) is 10.8 Å². The normalized spacial score (nSPS) is 21.9. The molecule has 1 aromatic heterocycles. The number of nitrogens with two attached hydrogens (primary N) is 1. The lowest BCUT2D eigenvalue weighted by molar-refractivity contribution is 0.0381. The Morgan fingerprint density at radius 3 is 3.00 bits per heavy atom. The first-order valence-electron chi connectivity index (χ1n) is 5.00. The van der Waals surface area contributed by atoms with Crippen LogP contribution < -0.4 is 11.3 Å². The summed E-state index contributed by atoms with van der Waals surface area (Å²) in [7, 11) is 0. The average molecular weight is 248 g/mol. The molecule has 0 saturated carbocycles. The Bertz CT molecular complexity index is 381. The summed E-state index contributed by atoms with van der Waals surface area (Å²) in [5, 5.41) is -3.38. The van der Waals surface area contributed by atoms with Gasteiger partial charge >= 0.3 is 5.38 Å². The van der Waals surface area contributed by atoms with Crippen molar-refractivity contribution in [2.24, 2.45) is 5.84 Å². The molecular weight excluding hydrogens is 236 g/mol. The predicted octanol–water partition coefficient (Wildman–Crippen LogP) is 1.77. The van der Waals surface area contributed by atoms with Crippen LogP contribution in [0, 0.1) is 0 Å². The lowest BCUT2D eigenvalue weighted by atomic mass is 9.97. The van der Waals surface area contributed by atoms with Crippen molar-refractivity contribution >= 4 is 11.6 Å². The number of nitrogens with one attached hydrogen (secondary N) is 1. The molecule has 0 amide bonds. The number of hydrogen-bond acceptors (Lipinski definition) is 3. The lowest BCUT2D eigenvalue weighted by Gasteiger charge is -2.26. The van der Waals surface area contributed by atoms with Crippen molar-refractivity contribution in [1.29, 1.82) is 0 Å². The number of aryl methyl sites for hydroxylation is 1. The maximum absolute atomic E-state index is 13.1. The van der Waals surface area contributed by atoms with Crippen molar-refractivity contribution in [1.82, 2.24) is 10.4 Å². The van der Waals surface area contributed by atoms with Crippen LogP contribution in [-0.2, 0) is 6.42 Å². The van der Waals surface area contributed by atoms with Crippen LogP contribution in [0.4, 0.5) is 8.78 Å². The molecule has 1 aliphatic carbocycles. The quantitative estimate of drug-likeness (QED) is 0.486. The Hall–Kier alpha value is -0.780. The van der Waals surface area contributed by atoms with Gasteiger partial charge in [-0.15, -0.1) is 0 Å². The number of nitrogens with zero attached hydrogens (tertiary/aromatic N) is 1. The van der Waals surface area contributed by atoms with Crippen LogP contribution >= 0.6 is 11.6 Å². The van der Waals surface area contributed by atoms with Gasteiger partial charge in [-0.1, -0.05) is 6.07 Å². The summed E-state index contributed by atoms with van der Waals surface area (Å²) in [6.07, 6.45) is 2.92. The average Bonchev–Trinajstić information content (AvgIpc) is 2.61. The van der Waals surface area contributed by atoms with Gasteiger partial charge in [0.25, 0.3) is 0 Å². The lowest BCUT2D eigenvalue weighted by Crippen LogP contribution is -2.49. The second-order valence-electron chi connectivity index (χ2n) is 3.88. The molecule has 0 spiro atoms. The van der Waals surface area contributed by atoms with Crippen molar-refractivity contribution in [2.75, 3.05) is 0 Å². The van der Waals surface area contributed by atoms with Crippen LogP contribution in [0.5, 0.6) is 0 Å². The summed E-state index contributed by atoms with van der Waals surface area (Å²) in [6.45, 7) is 0. The fraction of sp³-hybridized carbons (Fsp3) is 0.500. The molecule has 2 unspecified atom stereocenters. The van der Waals surface area contributed by atoms with Gasteiger partial charge in [0, 0.05) is 17.8 Å². The minimum absolute atomic E-state index is 0.436. The molecule has 1 aromatic rings. The minimum Gasteiger partial charge on any atom is -0.271 e. The molecule has 0 fully saturated rings. The number of aromatic nitrogens is 1. The van der Waals surface area contributed by atoms with E-state index in [-0.39, 0.29) is 0 Å². The second-order valence-corrected chi connectivity index (χ2v) is 4.38. The third-order valence-corrected chi connectivity index (χ3v) is 3.17. The van der Waals surface area contributed by atoms with Gasteiger partial charge in [-0.2, -0.15) is 8.78 Å². The van der Waals surface area contributed by atoms with E-state index >= 15 is 0 Å². The highest BCUT2D eigenvalue weighted by Crippen LogP contribution is 2.40. The molecule has 16 heavy (non-hydrogen) atoms. The van der Waals surface area contributed by atoms with E-state index in [1.807, 2.05) is 6.07 Å². The molecule has 3 N–H and O–H groups in total. The van der Waals surface area contributed by atoms with E-state index < -0.39 is 17.3 Å². The molecular formula is C10H12ClF2N3. The summed E-state index contributed by atoms with van der Waals surface area (Å²) in [4.78, 5) is 4.14. The first-order chi connectivity index (χ1) is 7.54. The van der Waals surface area contributed by atoms with Gasteiger partial charge in [0.2, 0.25) is 0 Å². The van der Waals surface area contributed by atoms with E-state index in [9.17, 15) is 8.78 Å². The Balaban J connectivity index is 2.30. The summed E-state index contributed by atoms with van der Waals surface area (Å²) in [6, 6.07) is 2.40. The minimum atomic E-state index is -3.38. The third kappa shape index (κ3) is 2.03. The second kappa shape index (κ2) is 4.24. The van der Waals surface area contributed by atoms with Crippen LogP contribution in [0.1, 0.15) is 23.6 Å². The number of fused-ring (bicyclic) bond motifs is 1.